The lowest BCUT2D eigenvalue weighted by Gasteiger charge is -2.32. The number of aliphatic hydroxyl groups is 1. The third-order valence-electron chi connectivity index (χ3n) is 7.05. The number of aromatic nitrogens is 4. The van der Waals surface area contributed by atoms with Gasteiger partial charge in [0.05, 0.1) is 24.6 Å². The van der Waals surface area contributed by atoms with Gasteiger partial charge in [-0.2, -0.15) is 0 Å². The van der Waals surface area contributed by atoms with Crippen LogP contribution in [0.2, 0.25) is 0 Å². The Labute approximate surface area is 220 Å². The molecule has 2 aliphatic heterocycles. The van der Waals surface area contributed by atoms with Gasteiger partial charge in [0.15, 0.2) is 0 Å². The highest BCUT2D eigenvalue weighted by molar-refractivity contribution is 5.98. The molecule has 0 spiro atoms. The first-order valence-electron chi connectivity index (χ1n) is 12.8. The van der Waals surface area contributed by atoms with E-state index in [9.17, 15) is 9.90 Å². The fraction of sp³-hybridized carbons (Fsp3) is 0.357. The second-order valence-corrected chi connectivity index (χ2v) is 9.87. The maximum atomic E-state index is 13.0. The van der Waals surface area contributed by atoms with E-state index in [1.54, 1.807) is 18.5 Å². The zero-order chi connectivity index (χ0) is 26.1. The number of nitrogens with one attached hydrogen (secondary N) is 1. The van der Waals surface area contributed by atoms with E-state index in [1.807, 2.05) is 35.2 Å². The van der Waals surface area contributed by atoms with Crippen molar-refractivity contribution in [2.24, 2.45) is 0 Å². The summed E-state index contributed by atoms with van der Waals surface area (Å²) in [5, 5.41) is 11.0. The van der Waals surface area contributed by atoms with Crippen LogP contribution in [0.1, 0.15) is 21.9 Å². The fourth-order valence-corrected chi connectivity index (χ4v) is 4.83. The first kappa shape index (κ1) is 24.5. The number of amides is 1. The van der Waals surface area contributed by atoms with Crippen LogP contribution in [0.25, 0.3) is 22.3 Å². The molecule has 1 amide bonds. The molecule has 2 unspecified atom stereocenters. The zero-order valence-electron chi connectivity index (χ0n) is 21.2. The minimum absolute atomic E-state index is 0.0422. The molecule has 0 radical (unpaired) electrons. The van der Waals surface area contributed by atoms with Crippen molar-refractivity contribution >= 4 is 16.8 Å². The number of aliphatic hydroxyl groups excluding tert-OH is 1. The van der Waals surface area contributed by atoms with Gasteiger partial charge in [0.1, 0.15) is 29.5 Å². The molecule has 38 heavy (non-hydrogen) atoms. The topological polar surface area (TPSA) is 117 Å². The van der Waals surface area contributed by atoms with Crippen LogP contribution in [0.3, 0.4) is 0 Å². The summed E-state index contributed by atoms with van der Waals surface area (Å²) in [5.41, 5.74) is 3.94. The highest BCUT2D eigenvalue weighted by Crippen LogP contribution is 2.24. The van der Waals surface area contributed by atoms with Gasteiger partial charge in [-0.1, -0.05) is 6.07 Å². The lowest BCUT2D eigenvalue weighted by Crippen LogP contribution is -2.47. The molecule has 2 atom stereocenters. The minimum Gasteiger partial charge on any atom is -0.485 e. The molecule has 2 N–H and O–H groups in total. The number of pyridine rings is 1. The predicted octanol–water partition coefficient (Wildman–Crippen LogP) is 2.14. The first-order valence-corrected chi connectivity index (χ1v) is 12.8. The van der Waals surface area contributed by atoms with Crippen molar-refractivity contribution in [3.8, 4) is 17.1 Å². The Hall–Kier alpha value is -3.86. The fourth-order valence-electron chi connectivity index (χ4n) is 4.83. The van der Waals surface area contributed by atoms with Crippen molar-refractivity contribution in [2.75, 3.05) is 46.4 Å². The number of nitrogens with zero attached hydrogens (tertiary/aromatic N) is 5. The molecule has 1 aromatic carbocycles. The average Bonchev–Trinajstić information content (AvgIpc) is 3.54. The summed E-state index contributed by atoms with van der Waals surface area (Å²) in [5.74, 6) is 1.31. The van der Waals surface area contributed by atoms with Gasteiger partial charge in [0.2, 0.25) is 0 Å². The van der Waals surface area contributed by atoms with Crippen LogP contribution in [0, 0.1) is 0 Å². The summed E-state index contributed by atoms with van der Waals surface area (Å²) in [4.78, 5) is 34.0. The minimum atomic E-state index is -0.643. The Kier molecular flexibility index (Phi) is 6.75. The molecule has 2 saturated heterocycles. The van der Waals surface area contributed by atoms with Crippen LogP contribution in [0.5, 0.6) is 5.75 Å². The van der Waals surface area contributed by atoms with Gasteiger partial charge in [-0.05, 0) is 42.9 Å². The number of H-pyrrole nitrogens is 1. The molecule has 4 aromatic rings. The smallest absolute Gasteiger partial charge is 0.270 e. The number of hydrogen-bond acceptors (Lipinski definition) is 8. The summed E-state index contributed by atoms with van der Waals surface area (Å²) >= 11 is 0. The van der Waals surface area contributed by atoms with Crippen molar-refractivity contribution in [3.63, 3.8) is 0 Å². The van der Waals surface area contributed by atoms with Gasteiger partial charge >= 0.3 is 0 Å². The molecule has 2 aliphatic rings. The van der Waals surface area contributed by atoms with Crippen molar-refractivity contribution in [2.45, 2.75) is 18.6 Å². The van der Waals surface area contributed by atoms with E-state index in [1.165, 1.54) is 0 Å². The first-order chi connectivity index (χ1) is 18.5. The van der Waals surface area contributed by atoms with E-state index in [2.05, 4.69) is 33.0 Å². The van der Waals surface area contributed by atoms with E-state index >= 15 is 0 Å². The number of likely N-dealkylation sites (N-methyl/N-ethyl adjacent to an activating group) is 1. The number of aromatic amines is 1. The summed E-state index contributed by atoms with van der Waals surface area (Å²) < 4.78 is 11.2. The summed E-state index contributed by atoms with van der Waals surface area (Å²) in [7, 11) is 2.08. The Morgan fingerprint density at radius 3 is 2.71 bits per heavy atom. The lowest BCUT2D eigenvalue weighted by molar-refractivity contribution is 0.0659. The Morgan fingerprint density at radius 1 is 1.05 bits per heavy atom. The van der Waals surface area contributed by atoms with Crippen LogP contribution >= 0.6 is 0 Å². The zero-order valence-corrected chi connectivity index (χ0v) is 21.2. The standard InChI is InChI=1S/C28H30N6O4/c1-33-8-10-34(11-9-33)28(36)24-14-19-12-18(2-3-21(19)31-24)13-27-30-7-5-22(32-27)23-15-20(4-6-29-23)38-26-17-37-16-25(26)35/h2-7,12,14-15,25-26,31,35H,8-11,13,16-17H2,1H3. The predicted molar refractivity (Wildman–Crippen MR) is 141 cm³/mol. The summed E-state index contributed by atoms with van der Waals surface area (Å²) in [6.07, 6.45) is 2.89. The monoisotopic (exact) mass is 514 g/mol. The quantitative estimate of drug-likeness (QED) is 0.402. The van der Waals surface area contributed by atoms with Gasteiger partial charge in [0, 0.05) is 62.0 Å². The number of piperazine rings is 1. The molecule has 0 saturated carbocycles. The molecule has 196 valence electrons. The van der Waals surface area contributed by atoms with Gasteiger partial charge < -0.3 is 29.4 Å². The van der Waals surface area contributed by atoms with Crippen molar-refractivity contribution < 1.29 is 19.4 Å². The highest BCUT2D eigenvalue weighted by Gasteiger charge is 2.28. The van der Waals surface area contributed by atoms with Crippen LogP contribution in [-0.4, -0.2) is 99.4 Å². The summed E-state index contributed by atoms with van der Waals surface area (Å²) in [6.45, 7) is 3.89. The van der Waals surface area contributed by atoms with Gasteiger partial charge in [-0.3, -0.25) is 9.78 Å². The van der Waals surface area contributed by atoms with Crippen molar-refractivity contribution in [1.82, 2.24) is 29.7 Å². The third kappa shape index (κ3) is 5.24. The normalized spacial score (nSPS) is 20.2. The average molecular weight is 515 g/mol. The number of carbonyl (C=O) groups excluding carboxylic acids is 1. The Balaban J connectivity index is 1.17. The Morgan fingerprint density at radius 2 is 1.89 bits per heavy atom. The lowest BCUT2D eigenvalue weighted by atomic mass is 10.1. The molecule has 6 rings (SSSR count). The third-order valence-corrected chi connectivity index (χ3v) is 7.05. The maximum Gasteiger partial charge on any atom is 0.270 e. The van der Waals surface area contributed by atoms with Crippen molar-refractivity contribution in [3.05, 3.63) is 71.9 Å². The Bertz CT molecular complexity index is 1450. The summed E-state index contributed by atoms with van der Waals surface area (Å²) in [6, 6.07) is 13.4. The number of hydrogen-bond donors (Lipinski definition) is 2. The SMILES string of the molecule is CN1CCN(C(=O)c2cc3cc(Cc4nccc(-c5cc(OC6COCC6O)ccn5)n4)ccc3[nH]2)CC1. The second kappa shape index (κ2) is 10.5. The second-order valence-electron chi connectivity index (χ2n) is 9.87. The number of rotatable bonds is 6. The molecule has 3 aromatic heterocycles. The van der Waals surface area contributed by atoms with Gasteiger partial charge in [-0.15, -0.1) is 0 Å². The molecule has 5 heterocycles. The molecule has 10 nitrogen and oxygen atoms in total. The van der Waals surface area contributed by atoms with Gasteiger partial charge in [0.25, 0.3) is 5.91 Å². The van der Waals surface area contributed by atoms with Crippen LogP contribution in [0.4, 0.5) is 0 Å². The van der Waals surface area contributed by atoms with E-state index in [4.69, 9.17) is 14.5 Å². The van der Waals surface area contributed by atoms with E-state index in [-0.39, 0.29) is 12.5 Å². The largest absolute Gasteiger partial charge is 0.485 e. The molecule has 2 fully saturated rings. The number of fused-ring (bicyclic) bond motifs is 1. The molecular formula is C28H30N6O4. The number of carbonyl (C=O) groups is 1. The number of ether oxygens (including phenoxy) is 2. The van der Waals surface area contributed by atoms with Gasteiger partial charge in [-0.25, -0.2) is 9.97 Å². The molecule has 0 bridgehead atoms. The van der Waals surface area contributed by atoms with Crippen molar-refractivity contribution in [1.29, 1.82) is 0 Å². The highest BCUT2D eigenvalue weighted by atomic mass is 16.6. The van der Waals surface area contributed by atoms with Crippen LogP contribution in [-0.2, 0) is 11.2 Å². The molecular weight excluding hydrogens is 484 g/mol. The molecule has 0 aliphatic carbocycles. The van der Waals surface area contributed by atoms with Crippen LogP contribution in [0.15, 0.2) is 54.9 Å². The maximum absolute atomic E-state index is 13.0. The van der Waals surface area contributed by atoms with E-state index in [0.29, 0.717) is 41.7 Å². The van der Waals surface area contributed by atoms with Crippen LogP contribution < -0.4 is 4.74 Å². The number of benzene rings is 1. The molecule has 10 heteroatoms. The van der Waals surface area contributed by atoms with E-state index in [0.717, 1.165) is 42.6 Å². The van der Waals surface area contributed by atoms with E-state index < -0.39 is 12.2 Å².